The van der Waals surface area contributed by atoms with Gasteiger partial charge in [0.25, 0.3) is 0 Å². The second kappa shape index (κ2) is 16.2. The predicted octanol–water partition coefficient (Wildman–Crippen LogP) is 5.49. The predicted molar refractivity (Wildman–Crippen MR) is 123 cm³/mol. The highest BCUT2D eigenvalue weighted by Crippen LogP contribution is 2.33. The van der Waals surface area contributed by atoms with Gasteiger partial charge < -0.3 is 5.11 Å². The van der Waals surface area contributed by atoms with Crippen molar-refractivity contribution in [2.75, 3.05) is 0 Å². The summed E-state index contributed by atoms with van der Waals surface area (Å²) in [6.07, 6.45) is 21.2. The average Bonchev–Trinajstić information content (AvgIpc) is 2.82. The molecule has 0 aliphatic heterocycles. The second-order valence-electron chi connectivity index (χ2n) is 8.53. The van der Waals surface area contributed by atoms with Crippen molar-refractivity contribution >= 4 is 5.97 Å². The van der Waals surface area contributed by atoms with Crippen molar-refractivity contribution in [3.8, 4) is 0 Å². The number of nitrogens with zero attached hydrogens (tertiary/aromatic N) is 6. The fourth-order valence-corrected chi connectivity index (χ4v) is 4.14. The first-order chi connectivity index (χ1) is 15.7. The normalized spacial score (nSPS) is 13.0. The number of hydrogen-bond donors (Lipinski definition) is 1. The van der Waals surface area contributed by atoms with Crippen molar-refractivity contribution in [2.45, 2.75) is 109 Å². The summed E-state index contributed by atoms with van der Waals surface area (Å²) in [6, 6.07) is 0. The number of unbranched alkanes of at least 4 members (excludes halogenated alkanes) is 9. The zero-order valence-corrected chi connectivity index (χ0v) is 19.4. The summed E-state index contributed by atoms with van der Waals surface area (Å²) in [5.41, 5.74) is 0. The molecule has 0 aliphatic rings. The molecule has 8 nitrogen and oxygen atoms in total. The van der Waals surface area contributed by atoms with Crippen LogP contribution in [-0.4, -0.2) is 41.0 Å². The molecule has 0 aromatic carbocycles. The van der Waals surface area contributed by atoms with Crippen molar-refractivity contribution in [2.24, 2.45) is 0 Å². The third-order valence-corrected chi connectivity index (χ3v) is 5.94. The highest BCUT2D eigenvalue weighted by molar-refractivity contribution is 5.66. The van der Waals surface area contributed by atoms with Gasteiger partial charge in [-0.15, -0.1) is 0 Å². The van der Waals surface area contributed by atoms with Gasteiger partial charge in [0.1, 0.15) is 37.0 Å². The summed E-state index contributed by atoms with van der Waals surface area (Å²) in [5, 5.41) is 9.18. The van der Waals surface area contributed by atoms with E-state index in [2.05, 4.69) is 36.8 Å². The molecule has 0 saturated carbocycles. The number of carboxylic acids is 1. The molecule has 0 saturated heterocycles. The lowest BCUT2D eigenvalue weighted by molar-refractivity contribution is -0.137. The Bertz CT molecular complexity index is 732. The van der Waals surface area contributed by atoms with Gasteiger partial charge in [0.2, 0.25) is 0 Å². The number of aromatic nitrogens is 6. The van der Waals surface area contributed by atoms with Crippen LogP contribution in [-0.2, 0) is 4.79 Å². The Labute approximate surface area is 191 Å². The van der Waals surface area contributed by atoms with Gasteiger partial charge in [-0.3, -0.25) is 4.79 Å². The minimum absolute atomic E-state index is 0.0704. The summed E-state index contributed by atoms with van der Waals surface area (Å²) >= 11 is 0. The van der Waals surface area contributed by atoms with Crippen molar-refractivity contribution in [1.82, 2.24) is 29.9 Å². The molecule has 1 N–H and O–H groups in total. The summed E-state index contributed by atoms with van der Waals surface area (Å²) in [4.78, 5) is 36.4. The minimum Gasteiger partial charge on any atom is -0.481 e. The van der Waals surface area contributed by atoms with Crippen LogP contribution >= 0.6 is 0 Å². The van der Waals surface area contributed by atoms with E-state index >= 15 is 0 Å². The third kappa shape index (κ3) is 10.7. The van der Waals surface area contributed by atoms with E-state index in [1.165, 1.54) is 83.1 Å². The van der Waals surface area contributed by atoms with Crippen molar-refractivity contribution < 1.29 is 9.90 Å². The van der Waals surface area contributed by atoms with E-state index in [0.717, 1.165) is 25.1 Å². The molecule has 8 heteroatoms. The molecule has 2 aromatic rings. The number of carboxylic acid groups (broad SMARTS) is 1. The lowest BCUT2D eigenvalue weighted by atomic mass is 9.86. The first-order valence-corrected chi connectivity index (χ1v) is 12.2. The Balaban J connectivity index is 1.87. The van der Waals surface area contributed by atoms with E-state index in [1.54, 1.807) is 0 Å². The van der Waals surface area contributed by atoms with Crippen LogP contribution in [0.5, 0.6) is 0 Å². The van der Waals surface area contributed by atoms with E-state index in [9.17, 15) is 9.90 Å². The highest BCUT2D eigenvalue weighted by atomic mass is 16.4. The molecule has 2 heterocycles. The van der Waals surface area contributed by atoms with Crippen molar-refractivity contribution in [3.05, 3.63) is 37.0 Å². The van der Waals surface area contributed by atoms with Crippen LogP contribution in [0.1, 0.15) is 120 Å². The molecule has 0 bridgehead atoms. The second-order valence-corrected chi connectivity index (χ2v) is 8.53. The van der Waals surface area contributed by atoms with Crippen molar-refractivity contribution in [1.29, 1.82) is 0 Å². The Morgan fingerprint density at radius 3 is 1.62 bits per heavy atom. The molecule has 2 unspecified atom stereocenters. The molecular formula is C24H38N6O2. The highest BCUT2D eigenvalue weighted by Gasteiger charge is 2.24. The molecule has 0 fully saturated rings. The van der Waals surface area contributed by atoms with Gasteiger partial charge in [-0.25, -0.2) is 29.9 Å². The van der Waals surface area contributed by atoms with Gasteiger partial charge >= 0.3 is 5.97 Å². The Kier molecular flexibility index (Phi) is 13.0. The molecule has 0 radical (unpaired) electrons. The fourth-order valence-electron chi connectivity index (χ4n) is 4.14. The molecule has 176 valence electrons. The first kappa shape index (κ1) is 25.7. The Morgan fingerprint density at radius 1 is 0.719 bits per heavy atom. The zero-order valence-electron chi connectivity index (χ0n) is 19.4. The number of rotatable bonds is 18. The van der Waals surface area contributed by atoms with Gasteiger partial charge in [-0.05, 0) is 19.3 Å². The van der Waals surface area contributed by atoms with Gasteiger partial charge in [-0.2, -0.15) is 0 Å². The monoisotopic (exact) mass is 442 g/mol. The maximum Gasteiger partial charge on any atom is 0.303 e. The number of hydrogen-bond acceptors (Lipinski definition) is 7. The lowest BCUT2D eigenvalue weighted by Gasteiger charge is -2.21. The topological polar surface area (TPSA) is 115 Å². The van der Waals surface area contributed by atoms with Crippen LogP contribution in [0.25, 0.3) is 0 Å². The van der Waals surface area contributed by atoms with Crippen LogP contribution in [0.4, 0.5) is 0 Å². The molecule has 2 aromatic heterocycles. The van der Waals surface area contributed by atoms with Crippen molar-refractivity contribution in [3.63, 3.8) is 0 Å². The Morgan fingerprint density at radius 2 is 1.16 bits per heavy atom. The SMILES string of the molecule is CCCCCCCCCCCCC(CC(CCC(=O)O)c1ncncn1)c1ncncn1. The van der Waals surface area contributed by atoms with Crippen LogP contribution < -0.4 is 0 Å². The average molecular weight is 443 g/mol. The lowest BCUT2D eigenvalue weighted by Crippen LogP contribution is -2.14. The summed E-state index contributed by atoms with van der Waals surface area (Å²) in [6.45, 7) is 2.25. The molecule has 2 rings (SSSR count). The molecule has 0 aliphatic carbocycles. The molecule has 0 amide bonds. The number of carbonyl (C=O) groups is 1. The van der Waals surface area contributed by atoms with Gasteiger partial charge in [0.05, 0.1) is 0 Å². The molecule has 32 heavy (non-hydrogen) atoms. The first-order valence-electron chi connectivity index (χ1n) is 12.2. The molecule has 2 atom stereocenters. The van der Waals surface area contributed by atoms with Crippen LogP contribution in [0.3, 0.4) is 0 Å². The van der Waals surface area contributed by atoms with Crippen LogP contribution in [0, 0.1) is 0 Å². The van der Waals surface area contributed by atoms with E-state index < -0.39 is 5.97 Å². The number of aliphatic carboxylic acids is 1. The summed E-state index contributed by atoms with van der Waals surface area (Å²) in [5.74, 6) is 0.658. The van der Waals surface area contributed by atoms with E-state index in [-0.39, 0.29) is 18.3 Å². The smallest absolute Gasteiger partial charge is 0.303 e. The summed E-state index contributed by atoms with van der Waals surface area (Å²) < 4.78 is 0. The Hall–Kier alpha value is -2.51. The quantitative estimate of drug-likeness (QED) is 0.301. The van der Waals surface area contributed by atoms with E-state index in [1.807, 2.05) is 0 Å². The molecular weight excluding hydrogens is 404 g/mol. The van der Waals surface area contributed by atoms with Crippen LogP contribution in [0.15, 0.2) is 25.3 Å². The van der Waals surface area contributed by atoms with Gasteiger partial charge in [0.15, 0.2) is 0 Å². The maximum absolute atomic E-state index is 11.2. The van der Waals surface area contributed by atoms with Crippen LogP contribution in [0.2, 0.25) is 0 Å². The van der Waals surface area contributed by atoms with Gasteiger partial charge in [-0.1, -0.05) is 71.1 Å². The largest absolute Gasteiger partial charge is 0.481 e. The zero-order chi connectivity index (χ0) is 22.9. The standard InChI is InChI=1S/C24H38N6O2/c1-2-3-4-5-6-7-8-9-10-11-12-20(23-27-16-25-17-28-23)15-21(13-14-22(31)32)24-29-18-26-19-30-24/h16-21H,2-15H2,1H3,(H,31,32). The van der Waals surface area contributed by atoms with Gasteiger partial charge in [0, 0.05) is 18.3 Å². The fraction of sp³-hybridized carbons (Fsp3) is 0.708. The molecule has 0 spiro atoms. The summed E-state index contributed by atoms with van der Waals surface area (Å²) in [7, 11) is 0. The van der Waals surface area contributed by atoms with E-state index in [0.29, 0.717) is 12.2 Å². The maximum atomic E-state index is 11.2. The third-order valence-electron chi connectivity index (χ3n) is 5.94. The minimum atomic E-state index is -0.810. The van der Waals surface area contributed by atoms with E-state index in [4.69, 9.17) is 0 Å².